The number of hydrogen-bond acceptors (Lipinski definition) is 5. The van der Waals surface area contributed by atoms with Crippen LogP contribution >= 0.6 is 38.9 Å². The number of nitrogens with zero attached hydrogens (tertiary/aromatic N) is 3. The van der Waals surface area contributed by atoms with Crippen LogP contribution in [0.4, 0.5) is 0 Å². The van der Waals surface area contributed by atoms with Crippen molar-refractivity contribution in [1.82, 2.24) is 19.9 Å². The highest BCUT2D eigenvalue weighted by Crippen LogP contribution is 2.61. The Morgan fingerprint density at radius 2 is 1.83 bits per heavy atom. The largest absolute Gasteiger partial charge is 0.339 e. The lowest BCUT2D eigenvalue weighted by Gasteiger charge is -2.10. The van der Waals surface area contributed by atoms with Gasteiger partial charge in [0.25, 0.3) is 5.56 Å². The number of halogens is 3. The molecule has 0 bridgehead atoms. The lowest BCUT2D eigenvalue weighted by molar-refractivity contribution is 0.600. The minimum Gasteiger partial charge on any atom is -0.327 e. The van der Waals surface area contributed by atoms with E-state index in [0.29, 0.717) is 5.52 Å². The van der Waals surface area contributed by atoms with Crippen LogP contribution in [0.25, 0.3) is 32.9 Å². The van der Waals surface area contributed by atoms with E-state index in [1.165, 1.54) is 0 Å². The lowest BCUT2D eigenvalue weighted by Crippen LogP contribution is -2.07. The van der Waals surface area contributed by atoms with Crippen molar-refractivity contribution in [2.45, 2.75) is 20.3 Å². The SMILES string of the molecule is CCc1ncc2cc(-c3c(C)cnc4c(=O)[nH]ccc34)ccc2n1.O=P(Cl)(Cl)Cl. The molecule has 10 heteroatoms. The molecule has 0 saturated carbocycles. The Hall–Kier alpha value is -1.98. The monoisotopic (exact) mass is 468 g/mol. The molecule has 1 N–H and O–H groups in total. The lowest BCUT2D eigenvalue weighted by atomic mass is 9.97. The van der Waals surface area contributed by atoms with Crippen molar-refractivity contribution in [1.29, 1.82) is 0 Å². The number of fused-ring (bicyclic) bond motifs is 2. The van der Waals surface area contributed by atoms with E-state index >= 15 is 0 Å². The minimum absolute atomic E-state index is 0.175. The Morgan fingerprint density at radius 1 is 1.10 bits per heavy atom. The van der Waals surface area contributed by atoms with E-state index in [0.717, 1.165) is 45.2 Å². The molecule has 3 aromatic heterocycles. The number of aromatic amines is 1. The molecule has 0 fully saturated rings. The van der Waals surface area contributed by atoms with Gasteiger partial charge in [-0.25, -0.2) is 9.97 Å². The van der Waals surface area contributed by atoms with Gasteiger partial charge in [0.05, 0.1) is 5.52 Å². The van der Waals surface area contributed by atoms with Gasteiger partial charge in [-0.1, -0.05) is 13.0 Å². The first-order valence-electron chi connectivity index (χ1n) is 8.59. The van der Waals surface area contributed by atoms with Crippen molar-refractivity contribution in [3.05, 3.63) is 64.6 Å². The maximum absolute atomic E-state index is 12.0. The van der Waals surface area contributed by atoms with Gasteiger partial charge in [0.15, 0.2) is 0 Å². The summed E-state index contributed by atoms with van der Waals surface area (Å²) >= 11 is 13.8. The van der Waals surface area contributed by atoms with Crippen LogP contribution in [0.2, 0.25) is 0 Å². The average Bonchev–Trinajstić information content (AvgIpc) is 2.66. The zero-order valence-electron chi connectivity index (χ0n) is 15.5. The fraction of sp³-hybridized carbons (Fsp3) is 0.158. The number of hydrogen-bond donors (Lipinski definition) is 1. The van der Waals surface area contributed by atoms with Gasteiger partial charge in [-0.2, -0.15) is 0 Å². The van der Waals surface area contributed by atoms with Crippen LogP contribution in [0.3, 0.4) is 0 Å². The van der Waals surface area contributed by atoms with Gasteiger partial charge in [-0.15, -0.1) is 0 Å². The standard InChI is InChI=1S/C19H16N4O.Cl3OP/c1-3-16-21-10-13-8-12(4-5-15(13)23-16)17-11(2)9-22-18-14(17)6-7-20-19(18)24;1-5(2,3)4/h4-10H,3H2,1-2H3,(H,20,24);. The van der Waals surface area contributed by atoms with E-state index < -0.39 is 5.20 Å². The van der Waals surface area contributed by atoms with E-state index in [9.17, 15) is 9.36 Å². The molecule has 0 atom stereocenters. The molecule has 3 heterocycles. The van der Waals surface area contributed by atoms with Gasteiger partial charge < -0.3 is 4.98 Å². The van der Waals surface area contributed by atoms with Crippen LogP contribution in [-0.2, 0) is 11.0 Å². The van der Waals surface area contributed by atoms with E-state index in [-0.39, 0.29) is 5.56 Å². The summed E-state index contributed by atoms with van der Waals surface area (Å²) in [6, 6.07) is 8.01. The third kappa shape index (κ3) is 5.34. The molecule has 0 saturated heterocycles. The Balaban J connectivity index is 0.000000431. The maximum atomic E-state index is 12.0. The third-order valence-corrected chi connectivity index (χ3v) is 4.22. The highest BCUT2D eigenvalue weighted by Gasteiger charge is 2.11. The first-order valence-corrected chi connectivity index (χ1v) is 13.0. The quantitative estimate of drug-likeness (QED) is 0.352. The predicted molar refractivity (Wildman–Crippen MR) is 120 cm³/mol. The molecule has 0 spiro atoms. The van der Waals surface area contributed by atoms with Gasteiger partial charge in [-0.05, 0) is 75.5 Å². The van der Waals surface area contributed by atoms with E-state index in [2.05, 4.69) is 59.7 Å². The molecule has 150 valence electrons. The molecule has 0 amide bonds. The molecular weight excluding hydrogens is 454 g/mol. The van der Waals surface area contributed by atoms with Gasteiger partial charge >= 0.3 is 5.20 Å². The number of benzene rings is 1. The fourth-order valence-corrected chi connectivity index (χ4v) is 3.02. The third-order valence-electron chi connectivity index (χ3n) is 4.22. The van der Waals surface area contributed by atoms with Crippen LogP contribution < -0.4 is 5.56 Å². The second-order valence-corrected chi connectivity index (χ2v) is 12.8. The van der Waals surface area contributed by atoms with Crippen molar-refractivity contribution < 1.29 is 4.57 Å². The Bertz CT molecular complexity index is 1300. The predicted octanol–water partition coefficient (Wildman–Crippen LogP) is 6.22. The van der Waals surface area contributed by atoms with Crippen LogP contribution in [0.15, 0.2) is 47.7 Å². The molecule has 4 aromatic rings. The summed E-state index contributed by atoms with van der Waals surface area (Å²) in [5.74, 6) is 0.840. The van der Waals surface area contributed by atoms with Gasteiger partial charge in [0.1, 0.15) is 11.3 Å². The molecule has 29 heavy (non-hydrogen) atoms. The van der Waals surface area contributed by atoms with Crippen LogP contribution in [0.1, 0.15) is 18.3 Å². The summed E-state index contributed by atoms with van der Waals surface area (Å²) < 4.78 is 9.51. The molecule has 0 aliphatic carbocycles. The van der Waals surface area contributed by atoms with Crippen LogP contribution in [0.5, 0.6) is 0 Å². The zero-order chi connectivity index (χ0) is 21.2. The highest BCUT2D eigenvalue weighted by atomic mass is 36.0. The Labute approximate surface area is 181 Å². The normalized spacial score (nSPS) is 11.3. The summed E-state index contributed by atoms with van der Waals surface area (Å²) in [5.41, 5.74) is 4.29. The zero-order valence-corrected chi connectivity index (χ0v) is 18.7. The Kier molecular flexibility index (Phi) is 6.59. The van der Waals surface area contributed by atoms with Gasteiger partial charge in [0, 0.05) is 35.8 Å². The summed E-state index contributed by atoms with van der Waals surface area (Å²) in [4.78, 5) is 27.9. The fourth-order valence-electron chi connectivity index (χ4n) is 3.02. The summed E-state index contributed by atoms with van der Waals surface area (Å²) in [5, 5.41) is -1.39. The van der Waals surface area contributed by atoms with E-state index in [1.807, 2.05) is 38.2 Å². The second-order valence-electron chi connectivity index (χ2n) is 6.20. The van der Waals surface area contributed by atoms with Crippen molar-refractivity contribution >= 4 is 60.7 Å². The number of nitrogens with one attached hydrogen (secondary N) is 1. The minimum atomic E-state index is -3.22. The molecule has 0 radical (unpaired) electrons. The van der Waals surface area contributed by atoms with Crippen molar-refractivity contribution in [2.75, 3.05) is 0 Å². The van der Waals surface area contributed by atoms with Crippen molar-refractivity contribution in [3.8, 4) is 11.1 Å². The maximum Gasteiger partial charge on any atom is 0.339 e. The van der Waals surface area contributed by atoms with Crippen LogP contribution in [0, 0.1) is 6.92 Å². The molecule has 1 aromatic carbocycles. The van der Waals surface area contributed by atoms with Gasteiger partial charge in [-0.3, -0.25) is 14.3 Å². The number of aromatic nitrogens is 4. The van der Waals surface area contributed by atoms with E-state index in [4.69, 9.17) is 0 Å². The number of rotatable bonds is 2. The van der Waals surface area contributed by atoms with Crippen molar-refractivity contribution in [3.63, 3.8) is 0 Å². The molecular formula is C19H16Cl3N4O2P. The molecule has 0 aliphatic rings. The number of aryl methyl sites for hydroxylation is 2. The number of pyridine rings is 2. The molecule has 0 unspecified atom stereocenters. The van der Waals surface area contributed by atoms with Gasteiger partial charge in [0.2, 0.25) is 0 Å². The second kappa shape index (κ2) is 8.80. The van der Waals surface area contributed by atoms with Crippen LogP contribution in [-0.4, -0.2) is 19.9 Å². The van der Waals surface area contributed by atoms with E-state index in [1.54, 1.807) is 12.4 Å². The topological polar surface area (TPSA) is 88.6 Å². The molecule has 0 aliphatic heterocycles. The summed E-state index contributed by atoms with van der Waals surface area (Å²) in [7, 11) is 0. The highest BCUT2D eigenvalue weighted by molar-refractivity contribution is 8.24. The summed E-state index contributed by atoms with van der Waals surface area (Å²) in [6.45, 7) is 4.05. The first-order chi connectivity index (χ1) is 13.7. The molecule has 4 rings (SSSR count). The smallest absolute Gasteiger partial charge is 0.327 e. The summed E-state index contributed by atoms with van der Waals surface area (Å²) in [6.07, 6.45) is 6.07. The molecule has 6 nitrogen and oxygen atoms in total. The Morgan fingerprint density at radius 3 is 2.52 bits per heavy atom. The average molecular weight is 470 g/mol. The first kappa shape index (κ1) is 21.7. The number of H-pyrrole nitrogens is 1. The van der Waals surface area contributed by atoms with Crippen molar-refractivity contribution in [2.24, 2.45) is 0 Å².